The third-order valence-electron chi connectivity index (χ3n) is 3.83. The van der Waals surface area contributed by atoms with Crippen LogP contribution >= 0.6 is 0 Å². The van der Waals surface area contributed by atoms with E-state index in [9.17, 15) is 9.59 Å². The first-order valence-electron chi connectivity index (χ1n) is 7.22. The predicted octanol–water partition coefficient (Wildman–Crippen LogP) is 2.06. The van der Waals surface area contributed by atoms with Crippen molar-refractivity contribution in [3.63, 3.8) is 0 Å². The van der Waals surface area contributed by atoms with Crippen molar-refractivity contribution in [1.82, 2.24) is 9.80 Å². The summed E-state index contributed by atoms with van der Waals surface area (Å²) in [5.41, 5.74) is 0. The van der Waals surface area contributed by atoms with Crippen LogP contribution in [0.15, 0.2) is 12.7 Å². The first kappa shape index (κ1) is 15.7. The van der Waals surface area contributed by atoms with Gasteiger partial charge in [-0.25, -0.2) is 0 Å². The molecule has 0 aromatic carbocycles. The van der Waals surface area contributed by atoms with Gasteiger partial charge in [0.1, 0.15) is 6.54 Å². The van der Waals surface area contributed by atoms with Crippen LogP contribution in [0.5, 0.6) is 0 Å². The van der Waals surface area contributed by atoms with E-state index in [0.29, 0.717) is 18.5 Å². The zero-order valence-electron chi connectivity index (χ0n) is 12.4. The number of hydrogen-bond acceptors (Lipinski definition) is 2. The second-order valence-corrected chi connectivity index (χ2v) is 5.45. The standard InChI is InChI=1S/C15H26N2O2/c1-5-14(18)16(6-2)11-15(19)17-10-8-7-9-13(17)12(3)4/h5,12-13H,1,6-11H2,2-4H3. The Morgan fingerprint density at radius 1 is 1.42 bits per heavy atom. The van der Waals surface area contributed by atoms with Gasteiger partial charge in [-0.1, -0.05) is 20.4 Å². The smallest absolute Gasteiger partial charge is 0.246 e. The third kappa shape index (κ3) is 4.08. The summed E-state index contributed by atoms with van der Waals surface area (Å²) in [6, 6.07) is 0.318. The molecule has 1 saturated heterocycles. The zero-order chi connectivity index (χ0) is 14.4. The number of amides is 2. The van der Waals surface area contributed by atoms with E-state index in [1.807, 2.05) is 11.8 Å². The first-order valence-corrected chi connectivity index (χ1v) is 7.22. The molecule has 1 atom stereocenters. The molecule has 0 saturated carbocycles. The van der Waals surface area contributed by atoms with Crippen molar-refractivity contribution in [2.75, 3.05) is 19.6 Å². The molecule has 108 valence electrons. The maximum Gasteiger partial charge on any atom is 0.246 e. The number of hydrogen-bond donors (Lipinski definition) is 0. The Balaban J connectivity index is 2.69. The highest BCUT2D eigenvalue weighted by Crippen LogP contribution is 2.23. The van der Waals surface area contributed by atoms with Gasteiger partial charge in [0.25, 0.3) is 0 Å². The molecule has 0 aromatic rings. The minimum absolute atomic E-state index is 0.0652. The lowest BCUT2D eigenvalue weighted by Gasteiger charge is -2.39. The summed E-state index contributed by atoms with van der Waals surface area (Å²) in [5.74, 6) is 0.360. The molecule has 0 radical (unpaired) electrons. The van der Waals surface area contributed by atoms with E-state index < -0.39 is 0 Å². The van der Waals surface area contributed by atoms with Gasteiger partial charge < -0.3 is 9.80 Å². The van der Waals surface area contributed by atoms with Crippen molar-refractivity contribution in [1.29, 1.82) is 0 Å². The average Bonchev–Trinajstić information content (AvgIpc) is 2.43. The molecule has 0 spiro atoms. The Morgan fingerprint density at radius 2 is 2.11 bits per heavy atom. The van der Waals surface area contributed by atoms with Crippen LogP contribution in [-0.2, 0) is 9.59 Å². The first-order chi connectivity index (χ1) is 9.01. The maximum atomic E-state index is 12.4. The van der Waals surface area contributed by atoms with Gasteiger partial charge in [-0.3, -0.25) is 9.59 Å². The molecule has 1 fully saturated rings. The summed E-state index contributed by atoms with van der Waals surface area (Å²) in [5, 5.41) is 0. The summed E-state index contributed by atoms with van der Waals surface area (Å²) >= 11 is 0. The summed E-state index contributed by atoms with van der Waals surface area (Å²) in [6.07, 6.45) is 4.60. The predicted molar refractivity (Wildman–Crippen MR) is 76.6 cm³/mol. The Hall–Kier alpha value is -1.32. The lowest BCUT2D eigenvalue weighted by molar-refractivity contribution is -0.141. The highest BCUT2D eigenvalue weighted by molar-refractivity contribution is 5.91. The summed E-state index contributed by atoms with van der Waals surface area (Å²) in [6.45, 7) is 11.2. The SMILES string of the molecule is C=CC(=O)N(CC)CC(=O)N1CCCCC1C(C)C. The summed E-state index contributed by atoms with van der Waals surface area (Å²) < 4.78 is 0. The minimum Gasteiger partial charge on any atom is -0.338 e. The number of piperidine rings is 1. The average molecular weight is 266 g/mol. The number of carbonyl (C=O) groups is 2. The van der Waals surface area contributed by atoms with Gasteiger partial charge in [0.15, 0.2) is 0 Å². The van der Waals surface area contributed by atoms with Crippen LogP contribution < -0.4 is 0 Å². The normalized spacial score (nSPS) is 19.4. The van der Waals surface area contributed by atoms with Crippen LogP contribution in [-0.4, -0.2) is 47.3 Å². The molecule has 1 aliphatic heterocycles. The van der Waals surface area contributed by atoms with Gasteiger partial charge in [-0.05, 0) is 38.2 Å². The summed E-state index contributed by atoms with van der Waals surface area (Å²) in [4.78, 5) is 27.5. The van der Waals surface area contributed by atoms with E-state index in [1.54, 1.807) is 4.90 Å². The number of rotatable bonds is 5. The molecule has 0 aliphatic carbocycles. The molecule has 1 aliphatic rings. The van der Waals surface area contributed by atoms with E-state index in [1.165, 1.54) is 12.5 Å². The van der Waals surface area contributed by atoms with Gasteiger partial charge >= 0.3 is 0 Å². The molecular weight excluding hydrogens is 240 g/mol. The molecule has 1 rings (SSSR count). The molecule has 19 heavy (non-hydrogen) atoms. The van der Waals surface area contributed by atoms with Crippen molar-refractivity contribution < 1.29 is 9.59 Å². The molecule has 2 amide bonds. The maximum absolute atomic E-state index is 12.4. The lowest BCUT2D eigenvalue weighted by Crippen LogP contribution is -2.50. The van der Waals surface area contributed by atoms with E-state index in [4.69, 9.17) is 0 Å². The van der Waals surface area contributed by atoms with E-state index in [-0.39, 0.29) is 18.4 Å². The quantitative estimate of drug-likeness (QED) is 0.715. The highest BCUT2D eigenvalue weighted by Gasteiger charge is 2.29. The second kappa shape index (κ2) is 7.31. The molecular formula is C15H26N2O2. The monoisotopic (exact) mass is 266 g/mol. The highest BCUT2D eigenvalue weighted by atomic mass is 16.2. The van der Waals surface area contributed by atoms with Gasteiger partial charge in [0.2, 0.25) is 11.8 Å². The molecule has 4 heteroatoms. The van der Waals surface area contributed by atoms with E-state index >= 15 is 0 Å². The van der Waals surface area contributed by atoms with Gasteiger partial charge in [-0.15, -0.1) is 0 Å². The van der Waals surface area contributed by atoms with Crippen LogP contribution in [0.2, 0.25) is 0 Å². The minimum atomic E-state index is -0.172. The van der Waals surface area contributed by atoms with Crippen molar-refractivity contribution in [2.45, 2.75) is 46.1 Å². The molecule has 1 heterocycles. The summed E-state index contributed by atoms with van der Waals surface area (Å²) in [7, 11) is 0. The molecule has 1 unspecified atom stereocenters. The van der Waals surface area contributed by atoms with Gasteiger partial charge in [-0.2, -0.15) is 0 Å². The van der Waals surface area contributed by atoms with Crippen LogP contribution in [0.25, 0.3) is 0 Å². The molecule has 0 bridgehead atoms. The van der Waals surface area contributed by atoms with Gasteiger partial charge in [0.05, 0.1) is 0 Å². The van der Waals surface area contributed by atoms with Crippen molar-refractivity contribution in [3.05, 3.63) is 12.7 Å². The second-order valence-electron chi connectivity index (χ2n) is 5.45. The zero-order valence-corrected chi connectivity index (χ0v) is 12.4. The van der Waals surface area contributed by atoms with Crippen LogP contribution in [0.4, 0.5) is 0 Å². The number of nitrogens with zero attached hydrogens (tertiary/aromatic N) is 2. The number of carbonyl (C=O) groups excluding carboxylic acids is 2. The Bertz CT molecular complexity index is 339. The van der Waals surface area contributed by atoms with Crippen LogP contribution in [0.1, 0.15) is 40.0 Å². The fourth-order valence-electron chi connectivity index (χ4n) is 2.69. The van der Waals surface area contributed by atoms with Crippen molar-refractivity contribution >= 4 is 11.8 Å². The Kier molecular flexibility index (Phi) is 6.06. The van der Waals surface area contributed by atoms with E-state index in [0.717, 1.165) is 19.4 Å². The Labute approximate surface area is 116 Å². The van der Waals surface area contributed by atoms with Crippen molar-refractivity contribution in [2.24, 2.45) is 5.92 Å². The molecule has 0 aromatic heterocycles. The number of likely N-dealkylation sites (tertiary alicyclic amines) is 1. The molecule has 0 N–H and O–H groups in total. The lowest BCUT2D eigenvalue weighted by atomic mass is 9.92. The fraction of sp³-hybridized carbons (Fsp3) is 0.733. The van der Waals surface area contributed by atoms with Crippen LogP contribution in [0, 0.1) is 5.92 Å². The Morgan fingerprint density at radius 3 is 2.63 bits per heavy atom. The largest absolute Gasteiger partial charge is 0.338 e. The van der Waals surface area contributed by atoms with Gasteiger partial charge in [0, 0.05) is 19.1 Å². The topological polar surface area (TPSA) is 40.6 Å². The van der Waals surface area contributed by atoms with E-state index in [2.05, 4.69) is 20.4 Å². The number of likely N-dealkylation sites (N-methyl/N-ethyl adjacent to an activating group) is 1. The third-order valence-corrected chi connectivity index (χ3v) is 3.83. The van der Waals surface area contributed by atoms with Crippen molar-refractivity contribution in [3.8, 4) is 0 Å². The van der Waals surface area contributed by atoms with Crippen LogP contribution in [0.3, 0.4) is 0 Å². The molecule has 4 nitrogen and oxygen atoms in total. The fourth-order valence-corrected chi connectivity index (χ4v) is 2.69.